The first-order valence-corrected chi connectivity index (χ1v) is 7.67. The predicted molar refractivity (Wildman–Crippen MR) is 90.2 cm³/mol. The molecule has 0 heterocycles. The van der Waals surface area contributed by atoms with Crippen LogP contribution in [0.3, 0.4) is 0 Å². The maximum Gasteiger partial charge on any atom is 0.269 e. The van der Waals surface area contributed by atoms with Gasteiger partial charge in [-0.15, -0.1) is 0 Å². The van der Waals surface area contributed by atoms with Crippen molar-refractivity contribution in [2.24, 2.45) is 0 Å². The highest BCUT2D eigenvalue weighted by atomic mass is 16.6. The van der Waals surface area contributed by atoms with Crippen LogP contribution in [0.15, 0.2) is 48.5 Å². The Labute approximate surface area is 139 Å². The molecule has 2 rings (SSSR count). The summed E-state index contributed by atoms with van der Waals surface area (Å²) in [6.07, 6.45) is 0. The number of nitro benzene ring substituents is 1. The van der Waals surface area contributed by atoms with Crippen LogP contribution < -0.4 is 0 Å². The summed E-state index contributed by atoms with van der Waals surface area (Å²) in [6.45, 7) is 4.86. The Morgan fingerprint density at radius 3 is 2.00 bits per heavy atom. The smallest absolute Gasteiger partial charge is 0.269 e. The van der Waals surface area contributed by atoms with Crippen molar-refractivity contribution in [3.05, 3.63) is 75.3 Å². The number of carbonyl (C=O) groups is 2. The Hall–Kier alpha value is -3.02. The summed E-state index contributed by atoms with van der Waals surface area (Å²) < 4.78 is 0. The van der Waals surface area contributed by atoms with Crippen LogP contribution in [0.5, 0.6) is 0 Å². The van der Waals surface area contributed by atoms with Gasteiger partial charge < -0.3 is 4.90 Å². The van der Waals surface area contributed by atoms with E-state index in [2.05, 4.69) is 0 Å². The summed E-state index contributed by atoms with van der Waals surface area (Å²) in [5, 5.41) is 10.7. The molecular formula is C18H18N2O4. The van der Waals surface area contributed by atoms with Gasteiger partial charge in [-0.2, -0.15) is 0 Å². The van der Waals surface area contributed by atoms with Crippen LogP contribution in [-0.2, 0) is 0 Å². The highest BCUT2D eigenvalue weighted by Gasteiger charge is 2.21. The topological polar surface area (TPSA) is 80.5 Å². The minimum Gasteiger partial charge on any atom is -0.339 e. The molecule has 0 aliphatic heterocycles. The molecule has 24 heavy (non-hydrogen) atoms. The van der Waals surface area contributed by atoms with Crippen LogP contribution >= 0.6 is 0 Å². The third-order valence-corrected chi connectivity index (χ3v) is 3.79. The van der Waals surface area contributed by atoms with Crippen LogP contribution in [0.4, 0.5) is 5.69 Å². The summed E-state index contributed by atoms with van der Waals surface area (Å²) in [5.41, 5.74) is 0.854. The Bertz CT molecular complexity index is 765. The number of benzene rings is 2. The van der Waals surface area contributed by atoms with Gasteiger partial charge in [-0.25, -0.2) is 0 Å². The van der Waals surface area contributed by atoms with Crippen molar-refractivity contribution in [1.82, 2.24) is 4.90 Å². The highest BCUT2D eigenvalue weighted by molar-refractivity contribution is 6.15. The zero-order valence-corrected chi connectivity index (χ0v) is 13.6. The maximum absolute atomic E-state index is 12.7. The minimum atomic E-state index is -0.522. The number of hydrogen-bond donors (Lipinski definition) is 0. The van der Waals surface area contributed by atoms with Crippen LogP contribution in [0.1, 0.15) is 40.1 Å². The summed E-state index contributed by atoms with van der Waals surface area (Å²) in [4.78, 5) is 37.1. The molecule has 0 saturated heterocycles. The second-order valence-electron chi connectivity index (χ2n) is 5.16. The number of hydrogen-bond acceptors (Lipinski definition) is 4. The average molecular weight is 326 g/mol. The van der Waals surface area contributed by atoms with Crippen LogP contribution in [0.2, 0.25) is 0 Å². The van der Waals surface area contributed by atoms with Gasteiger partial charge in [0.15, 0.2) is 5.78 Å². The third kappa shape index (κ3) is 3.48. The van der Waals surface area contributed by atoms with Gasteiger partial charge in [-0.3, -0.25) is 19.7 Å². The van der Waals surface area contributed by atoms with E-state index in [-0.39, 0.29) is 17.4 Å². The number of rotatable bonds is 6. The van der Waals surface area contributed by atoms with Gasteiger partial charge in [0.25, 0.3) is 11.6 Å². The lowest BCUT2D eigenvalue weighted by molar-refractivity contribution is -0.384. The van der Waals surface area contributed by atoms with E-state index in [9.17, 15) is 19.7 Å². The number of non-ortho nitro benzene ring substituents is 1. The zero-order chi connectivity index (χ0) is 17.7. The molecule has 0 aliphatic rings. The van der Waals surface area contributed by atoms with Crippen molar-refractivity contribution in [2.75, 3.05) is 13.1 Å². The van der Waals surface area contributed by atoms with E-state index in [4.69, 9.17) is 0 Å². The first-order valence-electron chi connectivity index (χ1n) is 7.67. The molecule has 1 amide bonds. The van der Waals surface area contributed by atoms with Crippen molar-refractivity contribution < 1.29 is 14.5 Å². The number of nitro groups is 1. The molecule has 0 aromatic heterocycles. The second kappa shape index (κ2) is 7.50. The Balaban J connectivity index is 2.40. The lowest BCUT2D eigenvalue weighted by Gasteiger charge is -2.20. The number of amides is 1. The van der Waals surface area contributed by atoms with Gasteiger partial charge in [0.05, 0.1) is 10.5 Å². The molecule has 0 aliphatic carbocycles. The minimum absolute atomic E-state index is 0.0842. The number of ketones is 1. The normalized spacial score (nSPS) is 10.2. The monoisotopic (exact) mass is 326 g/mol. The van der Waals surface area contributed by atoms with Gasteiger partial charge >= 0.3 is 0 Å². The largest absolute Gasteiger partial charge is 0.339 e. The van der Waals surface area contributed by atoms with E-state index in [1.54, 1.807) is 29.2 Å². The Kier molecular flexibility index (Phi) is 5.42. The molecule has 0 unspecified atom stereocenters. The molecule has 0 bridgehead atoms. The Morgan fingerprint density at radius 1 is 0.958 bits per heavy atom. The zero-order valence-electron chi connectivity index (χ0n) is 13.6. The molecule has 0 atom stereocenters. The third-order valence-electron chi connectivity index (χ3n) is 3.79. The van der Waals surface area contributed by atoms with Crippen molar-refractivity contribution in [2.45, 2.75) is 13.8 Å². The maximum atomic E-state index is 12.7. The fourth-order valence-corrected chi connectivity index (χ4v) is 2.44. The van der Waals surface area contributed by atoms with Crippen LogP contribution in [0.25, 0.3) is 0 Å². The van der Waals surface area contributed by atoms with Crippen LogP contribution in [-0.4, -0.2) is 34.6 Å². The Morgan fingerprint density at radius 2 is 1.50 bits per heavy atom. The van der Waals surface area contributed by atoms with E-state index in [1.165, 1.54) is 24.3 Å². The first-order chi connectivity index (χ1) is 11.5. The van der Waals surface area contributed by atoms with Gasteiger partial charge in [-0.1, -0.05) is 18.2 Å². The first kappa shape index (κ1) is 17.3. The van der Waals surface area contributed by atoms with Gasteiger partial charge in [-0.05, 0) is 32.0 Å². The lowest BCUT2D eigenvalue weighted by atomic mass is 9.97. The highest BCUT2D eigenvalue weighted by Crippen LogP contribution is 2.19. The van der Waals surface area contributed by atoms with E-state index < -0.39 is 4.92 Å². The number of carbonyl (C=O) groups excluding carboxylic acids is 2. The summed E-state index contributed by atoms with van der Waals surface area (Å²) in [5.74, 6) is -0.535. The van der Waals surface area contributed by atoms with E-state index in [0.29, 0.717) is 29.8 Å². The average Bonchev–Trinajstić information content (AvgIpc) is 2.62. The molecule has 0 spiro atoms. The predicted octanol–water partition coefficient (Wildman–Crippen LogP) is 3.31. The summed E-state index contributed by atoms with van der Waals surface area (Å²) in [7, 11) is 0. The molecule has 2 aromatic carbocycles. The van der Waals surface area contributed by atoms with Crippen molar-refractivity contribution in [1.29, 1.82) is 0 Å². The van der Waals surface area contributed by atoms with E-state index >= 15 is 0 Å². The standard InChI is InChI=1S/C18H18N2O4/c1-3-19(4-2)18(22)16-8-6-5-7-15(16)17(21)13-9-11-14(12-10-13)20(23)24/h5-12H,3-4H2,1-2H3. The second-order valence-corrected chi connectivity index (χ2v) is 5.16. The molecule has 6 heteroatoms. The quantitative estimate of drug-likeness (QED) is 0.463. The van der Waals surface area contributed by atoms with Crippen LogP contribution in [0, 0.1) is 10.1 Å². The van der Waals surface area contributed by atoms with E-state index in [0.717, 1.165) is 0 Å². The SMILES string of the molecule is CCN(CC)C(=O)c1ccccc1C(=O)c1ccc([N+](=O)[O-])cc1. The summed E-state index contributed by atoms with van der Waals surface area (Å²) >= 11 is 0. The molecule has 0 saturated carbocycles. The molecule has 0 fully saturated rings. The van der Waals surface area contributed by atoms with E-state index in [1.807, 2.05) is 13.8 Å². The fourth-order valence-electron chi connectivity index (χ4n) is 2.44. The summed E-state index contributed by atoms with van der Waals surface area (Å²) in [6, 6.07) is 12.0. The molecular weight excluding hydrogens is 308 g/mol. The molecule has 2 aromatic rings. The van der Waals surface area contributed by atoms with Gasteiger partial charge in [0.1, 0.15) is 0 Å². The lowest BCUT2D eigenvalue weighted by Crippen LogP contribution is -2.31. The molecule has 0 N–H and O–H groups in total. The molecule has 6 nitrogen and oxygen atoms in total. The van der Waals surface area contributed by atoms with Gasteiger partial charge in [0, 0.05) is 36.3 Å². The van der Waals surface area contributed by atoms with Crippen molar-refractivity contribution >= 4 is 17.4 Å². The molecule has 0 radical (unpaired) electrons. The number of nitrogens with zero attached hydrogens (tertiary/aromatic N) is 2. The van der Waals surface area contributed by atoms with Gasteiger partial charge in [0.2, 0.25) is 0 Å². The van der Waals surface area contributed by atoms with Crippen molar-refractivity contribution in [3.63, 3.8) is 0 Å². The molecule has 124 valence electrons. The van der Waals surface area contributed by atoms with Crippen molar-refractivity contribution in [3.8, 4) is 0 Å². The fraction of sp³-hybridized carbons (Fsp3) is 0.222.